The number of hydrogen-bond acceptors (Lipinski definition) is 5. The number of nitrogens with zero attached hydrogens (tertiary/aromatic N) is 4. The quantitative estimate of drug-likeness (QED) is 0.865. The highest BCUT2D eigenvalue weighted by Gasteiger charge is 2.35. The molecule has 2 aliphatic rings. The molecule has 3 rings (SSSR count). The smallest absolute Gasteiger partial charge is 0.410 e. The van der Waals surface area contributed by atoms with Crippen molar-refractivity contribution in [3.05, 3.63) is 11.4 Å². The molecule has 8 nitrogen and oxygen atoms in total. The van der Waals surface area contributed by atoms with Gasteiger partial charge in [-0.15, -0.1) is 0 Å². The first-order valence-corrected chi connectivity index (χ1v) is 9.37. The lowest BCUT2D eigenvalue weighted by molar-refractivity contribution is -0.138. The summed E-state index contributed by atoms with van der Waals surface area (Å²) < 4.78 is 5.46. The fourth-order valence-corrected chi connectivity index (χ4v) is 3.71. The molecule has 2 heterocycles. The van der Waals surface area contributed by atoms with Gasteiger partial charge in [-0.05, 0) is 46.5 Å². The summed E-state index contributed by atoms with van der Waals surface area (Å²) in [5.41, 5.74) is 1.37. The number of rotatable bonds is 2. The van der Waals surface area contributed by atoms with E-state index in [9.17, 15) is 9.59 Å². The van der Waals surface area contributed by atoms with E-state index in [0.717, 1.165) is 43.6 Å². The second-order valence-electron chi connectivity index (χ2n) is 8.33. The van der Waals surface area contributed by atoms with Crippen LogP contribution < -0.4 is 0 Å². The van der Waals surface area contributed by atoms with Crippen LogP contribution in [0.25, 0.3) is 0 Å². The minimum absolute atomic E-state index is 0.00579. The van der Waals surface area contributed by atoms with Gasteiger partial charge in [-0.3, -0.25) is 4.79 Å². The van der Waals surface area contributed by atoms with Crippen molar-refractivity contribution in [2.45, 2.75) is 64.5 Å². The van der Waals surface area contributed by atoms with Gasteiger partial charge in [0.2, 0.25) is 5.91 Å². The normalized spacial score (nSPS) is 23.3. The Bertz CT molecular complexity index is 666. The molecule has 26 heavy (non-hydrogen) atoms. The predicted molar refractivity (Wildman–Crippen MR) is 95.5 cm³/mol. The molecule has 8 heteroatoms. The summed E-state index contributed by atoms with van der Waals surface area (Å²) in [5.74, 6) is 0.124. The molecule has 1 fully saturated rings. The molecule has 0 spiro atoms. The van der Waals surface area contributed by atoms with Crippen molar-refractivity contribution < 1.29 is 14.3 Å². The maximum absolute atomic E-state index is 13.0. The molecule has 1 aromatic rings. The number of ether oxygens (including phenoxy) is 1. The zero-order valence-electron chi connectivity index (χ0n) is 16.1. The highest BCUT2D eigenvalue weighted by atomic mass is 16.6. The molecule has 0 bridgehead atoms. The van der Waals surface area contributed by atoms with Gasteiger partial charge in [0.1, 0.15) is 5.60 Å². The molecule has 1 aliphatic heterocycles. The first-order valence-electron chi connectivity index (χ1n) is 9.37. The van der Waals surface area contributed by atoms with Crippen LogP contribution in [0.3, 0.4) is 0 Å². The first kappa shape index (κ1) is 18.7. The molecule has 144 valence electrons. The van der Waals surface area contributed by atoms with Crippen LogP contribution in [0.15, 0.2) is 0 Å². The second kappa shape index (κ2) is 7.25. The summed E-state index contributed by atoms with van der Waals surface area (Å²) in [6.07, 6.45) is 3.69. The first-order chi connectivity index (χ1) is 12.2. The van der Waals surface area contributed by atoms with E-state index in [1.165, 1.54) is 0 Å². The number of carbonyl (C=O) groups excluding carboxylic acids is 2. The maximum atomic E-state index is 13.0. The fraction of sp³-hybridized carbons (Fsp3) is 0.778. The van der Waals surface area contributed by atoms with Gasteiger partial charge in [-0.25, -0.2) is 4.79 Å². The average Bonchev–Trinajstić information content (AvgIpc) is 3.06. The van der Waals surface area contributed by atoms with Crippen LogP contribution in [0, 0.1) is 5.92 Å². The van der Waals surface area contributed by atoms with Gasteiger partial charge in [0, 0.05) is 32.5 Å². The Morgan fingerprint density at radius 2 is 1.96 bits per heavy atom. The highest BCUT2D eigenvalue weighted by molar-refractivity contribution is 5.79. The van der Waals surface area contributed by atoms with E-state index in [1.54, 1.807) is 11.9 Å². The second-order valence-corrected chi connectivity index (χ2v) is 8.33. The molecule has 1 aromatic heterocycles. The molecule has 1 saturated heterocycles. The number of nitrogens with one attached hydrogen (secondary N) is 1. The van der Waals surface area contributed by atoms with Crippen LogP contribution in [0.5, 0.6) is 0 Å². The molecule has 2 amide bonds. The zero-order valence-corrected chi connectivity index (χ0v) is 16.1. The monoisotopic (exact) mass is 363 g/mol. The van der Waals surface area contributed by atoms with Crippen molar-refractivity contribution >= 4 is 12.0 Å². The third kappa shape index (κ3) is 4.16. The van der Waals surface area contributed by atoms with E-state index < -0.39 is 5.60 Å². The van der Waals surface area contributed by atoms with Gasteiger partial charge in [0.15, 0.2) is 0 Å². The Kier molecular flexibility index (Phi) is 5.20. The van der Waals surface area contributed by atoms with Gasteiger partial charge in [0.05, 0.1) is 17.4 Å². The number of aryl methyl sites for hydroxylation is 1. The summed E-state index contributed by atoms with van der Waals surface area (Å²) in [6, 6.07) is -0.00579. The van der Waals surface area contributed by atoms with Gasteiger partial charge >= 0.3 is 6.09 Å². The number of amides is 2. The Morgan fingerprint density at radius 3 is 2.69 bits per heavy atom. The van der Waals surface area contributed by atoms with Gasteiger partial charge in [-0.1, -0.05) is 0 Å². The standard InChI is InChI=1S/C18H29N5O3/c1-18(2,3)26-17(25)22(4)13-6-5-9-23(11-13)16(24)12-7-8-14-15(10-12)20-21-19-14/h12-13H,5-11H2,1-4H3,(H,19,20,21). The Hall–Kier alpha value is -2.12. The summed E-state index contributed by atoms with van der Waals surface area (Å²) in [5, 5.41) is 10.9. The Labute approximate surface area is 154 Å². The molecular formula is C18H29N5O3. The van der Waals surface area contributed by atoms with E-state index in [-0.39, 0.29) is 24.0 Å². The lowest BCUT2D eigenvalue weighted by atomic mass is 9.88. The topological polar surface area (TPSA) is 91.4 Å². The average molecular weight is 363 g/mol. The van der Waals surface area contributed by atoms with Gasteiger partial charge < -0.3 is 14.5 Å². The lowest BCUT2D eigenvalue weighted by Crippen LogP contribution is -2.52. The number of fused-ring (bicyclic) bond motifs is 1. The van der Waals surface area contributed by atoms with Crippen LogP contribution in [-0.4, -0.2) is 69.0 Å². The number of hydrogen-bond donors (Lipinski definition) is 1. The SMILES string of the molecule is CN(C(=O)OC(C)(C)C)C1CCCN(C(=O)C2CCc3n[nH]nc3C2)C1. The van der Waals surface area contributed by atoms with Crippen molar-refractivity contribution in [2.24, 2.45) is 5.92 Å². The largest absolute Gasteiger partial charge is 0.444 e. The van der Waals surface area contributed by atoms with Crippen molar-refractivity contribution in [3.8, 4) is 0 Å². The molecule has 2 unspecified atom stereocenters. The van der Waals surface area contributed by atoms with E-state index >= 15 is 0 Å². The van der Waals surface area contributed by atoms with Gasteiger partial charge in [0.25, 0.3) is 0 Å². The van der Waals surface area contributed by atoms with Crippen LogP contribution in [0.2, 0.25) is 0 Å². The number of carbonyl (C=O) groups is 2. The molecule has 0 saturated carbocycles. The van der Waals surface area contributed by atoms with E-state index in [4.69, 9.17) is 4.74 Å². The molecule has 1 N–H and O–H groups in total. The lowest BCUT2D eigenvalue weighted by Gasteiger charge is -2.39. The number of likely N-dealkylation sites (tertiary alicyclic amines) is 1. The van der Waals surface area contributed by atoms with Crippen molar-refractivity contribution in [3.63, 3.8) is 0 Å². The number of H-pyrrole nitrogens is 1. The molecule has 0 radical (unpaired) electrons. The van der Waals surface area contributed by atoms with Gasteiger partial charge in [-0.2, -0.15) is 15.4 Å². The van der Waals surface area contributed by atoms with Crippen molar-refractivity contribution in [1.29, 1.82) is 0 Å². The summed E-state index contributed by atoms with van der Waals surface area (Å²) in [6.45, 7) is 6.89. The van der Waals surface area contributed by atoms with E-state index in [2.05, 4.69) is 15.4 Å². The Morgan fingerprint density at radius 1 is 1.23 bits per heavy atom. The van der Waals surface area contributed by atoms with Crippen molar-refractivity contribution in [2.75, 3.05) is 20.1 Å². The van der Waals surface area contributed by atoms with Crippen LogP contribution in [0.4, 0.5) is 4.79 Å². The summed E-state index contributed by atoms with van der Waals surface area (Å²) >= 11 is 0. The van der Waals surface area contributed by atoms with Crippen LogP contribution in [0.1, 0.15) is 51.4 Å². The molecule has 2 atom stereocenters. The predicted octanol–water partition coefficient (Wildman–Crippen LogP) is 1.77. The minimum atomic E-state index is -0.521. The zero-order chi connectivity index (χ0) is 18.9. The summed E-state index contributed by atoms with van der Waals surface area (Å²) in [7, 11) is 1.76. The van der Waals surface area contributed by atoms with Crippen molar-refractivity contribution in [1.82, 2.24) is 25.2 Å². The number of aromatic nitrogens is 3. The third-order valence-corrected chi connectivity index (χ3v) is 5.16. The number of piperidine rings is 1. The maximum Gasteiger partial charge on any atom is 0.410 e. The molecule has 1 aliphatic carbocycles. The van der Waals surface area contributed by atoms with Crippen LogP contribution in [-0.2, 0) is 22.4 Å². The number of likely N-dealkylation sites (N-methyl/N-ethyl adjacent to an activating group) is 1. The third-order valence-electron chi connectivity index (χ3n) is 5.16. The summed E-state index contributed by atoms with van der Waals surface area (Å²) in [4.78, 5) is 28.9. The Balaban J connectivity index is 1.59. The van der Waals surface area contributed by atoms with Crippen LogP contribution >= 0.6 is 0 Å². The molecule has 0 aromatic carbocycles. The van der Waals surface area contributed by atoms with E-state index in [1.807, 2.05) is 25.7 Å². The minimum Gasteiger partial charge on any atom is -0.444 e. The highest BCUT2D eigenvalue weighted by Crippen LogP contribution is 2.26. The molecular weight excluding hydrogens is 334 g/mol. The van der Waals surface area contributed by atoms with E-state index in [0.29, 0.717) is 13.0 Å². The number of aromatic amines is 1. The fourth-order valence-electron chi connectivity index (χ4n) is 3.71.